The van der Waals surface area contributed by atoms with Gasteiger partial charge in [0, 0.05) is 17.4 Å². The molecule has 1 aliphatic heterocycles. The normalized spacial score (nSPS) is 18.6. The summed E-state index contributed by atoms with van der Waals surface area (Å²) in [7, 11) is 0. The van der Waals surface area contributed by atoms with Gasteiger partial charge in [0.25, 0.3) is 0 Å². The Morgan fingerprint density at radius 2 is 2.24 bits per heavy atom. The SMILES string of the molecule is CC1Cc2cccc(C(C)(C)CC(=O)O)c2O1. The summed E-state index contributed by atoms with van der Waals surface area (Å²) in [5, 5.41) is 8.97. The van der Waals surface area contributed by atoms with Crippen LogP contribution in [0, 0.1) is 0 Å². The smallest absolute Gasteiger partial charge is 0.304 e. The Labute approximate surface area is 101 Å². The highest BCUT2D eigenvalue weighted by molar-refractivity contribution is 5.69. The van der Waals surface area contributed by atoms with Gasteiger partial charge in [-0.25, -0.2) is 0 Å². The van der Waals surface area contributed by atoms with E-state index in [1.165, 1.54) is 5.56 Å². The van der Waals surface area contributed by atoms with E-state index in [1.807, 2.05) is 32.9 Å². The van der Waals surface area contributed by atoms with Crippen LogP contribution in [0.4, 0.5) is 0 Å². The highest BCUT2D eigenvalue weighted by Crippen LogP contribution is 2.40. The predicted molar refractivity (Wildman–Crippen MR) is 65.5 cm³/mol. The van der Waals surface area contributed by atoms with Gasteiger partial charge in [0.05, 0.1) is 6.42 Å². The van der Waals surface area contributed by atoms with Crippen LogP contribution in [-0.2, 0) is 16.6 Å². The van der Waals surface area contributed by atoms with Gasteiger partial charge in [0.15, 0.2) is 0 Å². The van der Waals surface area contributed by atoms with Crippen LogP contribution in [0.3, 0.4) is 0 Å². The minimum Gasteiger partial charge on any atom is -0.490 e. The maximum atomic E-state index is 10.9. The number of carboxylic acids is 1. The standard InChI is InChI=1S/C14H18O3/c1-9-7-10-5-4-6-11(13(10)17-9)14(2,3)8-12(15)16/h4-6,9H,7-8H2,1-3H3,(H,15,16). The van der Waals surface area contributed by atoms with E-state index >= 15 is 0 Å². The van der Waals surface area contributed by atoms with Crippen molar-refractivity contribution >= 4 is 5.97 Å². The maximum absolute atomic E-state index is 10.9. The van der Waals surface area contributed by atoms with Gasteiger partial charge in [0.1, 0.15) is 11.9 Å². The molecular weight excluding hydrogens is 216 g/mol. The van der Waals surface area contributed by atoms with Crippen LogP contribution in [0.1, 0.15) is 38.3 Å². The predicted octanol–water partition coefficient (Wildman–Crippen LogP) is 2.76. The topological polar surface area (TPSA) is 46.5 Å². The van der Waals surface area contributed by atoms with Gasteiger partial charge in [-0.2, -0.15) is 0 Å². The molecule has 3 heteroatoms. The van der Waals surface area contributed by atoms with Gasteiger partial charge in [-0.3, -0.25) is 4.79 Å². The van der Waals surface area contributed by atoms with Crippen molar-refractivity contribution in [2.75, 3.05) is 0 Å². The number of para-hydroxylation sites is 1. The zero-order chi connectivity index (χ0) is 12.6. The highest BCUT2D eigenvalue weighted by Gasteiger charge is 2.31. The third kappa shape index (κ3) is 2.28. The van der Waals surface area contributed by atoms with Crippen LogP contribution in [0.15, 0.2) is 18.2 Å². The van der Waals surface area contributed by atoms with E-state index in [1.54, 1.807) is 0 Å². The molecule has 0 spiro atoms. The van der Waals surface area contributed by atoms with Crippen molar-refractivity contribution in [1.82, 2.24) is 0 Å². The molecule has 0 amide bonds. The first kappa shape index (κ1) is 12.0. The first-order valence-corrected chi connectivity index (χ1v) is 5.91. The number of fused-ring (bicyclic) bond motifs is 1. The molecule has 1 unspecified atom stereocenters. The third-order valence-electron chi connectivity index (χ3n) is 3.25. The molecule has 1 atom stereocenters. The summed E-state index contributed by atoms with van der Waals surface area (Å²) in [6, 6.07) is 6.01. The van der Waals surface area contributed by atoms with Gasteiger partial charge in [-0.05, 0) is 12.5 Å². The number of hydrogen-bond donors (Lipinski definition) is 1. The van der Waals surface area contributed by atoms with Crippen molar-refractivity contribution in [2.24, 2.45) is 0 Å². The summed E-state index contributed by atoms with van der Waals surface area (Å²) in [6.45, 7) is 5.93. The number of carbonyl (C=O) groups is 1. The number of rotatable bonds is 3. The number of benzene rings is 1. The summed E-state index contributed by atoms with van der Waals surface area (Å²) < 4.78 is 5.81. The van der Waals surface area contributed by atoms with E-state index in [0.717, 1.165) is 17.7 Å². The zero-order valence-corrected chi connectivity index (χ0v) is 10.5. The highest BCUT2D eigenvalue weighted by atomic mass is 16.5. The van der Waals surface area contributed by atoms with Crippen LogP contribution in [0.5, 0.6) is 5.75 Å². The fourth-order valence-electron chi connectivity index (χ4n) is 2.44. The molecule has 0 saturated carbocycles. The molecule has 1 aliphatic rings. The van der Waals surface area contributed by atoms with Crippen molar-refractivity contribution in [2.45, 2.75) is 45.1 Å². The summed E-state index contributed by atoms with van der Waals surface area (Å²) in [4.78, 5) is 10.9. The molecule has 0 aliphatic carbocycles. The van der Waals surface area contributed by atoms with Crippen LogP contribution >= 0.6 is 0 Å². The Bertz CT molecular complexity index is 449. The second-order valence-corrected chi connectivity index (χ2v) is 5.38. The Morgan fingerprint density at radius 1 is 1.53 bits per heavy atom. The van der Waals surface area contributed by atoms with E-state index in [0.29, 0.717) is 0 Å². The monoisotopic (exact) mass is 234 g/mol. The van der Waals surface area contributed by atoms with Gasteiger partial charge in [0.2, 0.25) is 0 Å². The summed E-state index contributed by atoms with van der Waals surface area (Å²) in [5.41, 5.74) is 1.79. The van der Waals surface area contributed by atoms with Gasteiger partial charge in [-0.15, -0.1) is 0 Å². The molecule has 0 aromatic heterocycles. The van der Waals surface area contributed by atoms with Crippen molar-refractivity contribution in [3.05, 3.63) is 29.3 Å². The molecule has 1 N–H and O–H groups in total. The second kappa shape index (κ2) is 4.06. The lowest BCUT2D eigenvalue weighted by Gasteiger charge is -2.25. The molecule has 0 bridgehead atoms. The summed E-state index contributed by atoms with van der Waals surface area (Å²) >= 11 is 0. The summed E-state index contributed by atoms with van der Waals surface area (Å²) in [5.74, 6) is 0.116. The minimum atomic E-state index is -0.779. The largest absolute Gasteiger partial charge is 0.490 e. The van der Waals surface area contributed by atoms with E-state index in [9.17, 15) is 4.79 Å². The first-order chi connectivity index (χ1) is 7.90. The molecule has 1 heterocycles. The van der Waals surface area contributed by atoms with E-state index in [4.69, 9.17) is 9.84 Å². The Kier molecular flexibility index (Phi) is 2.86. The third-order valence-corrected chi connectivity index (χ3v) is 3.25. The van der Waals surface area contributed by atoms with Crippen molar-refractivity contribution < 1.29 is 14.6 Å². The van der Waals surface area contributed by atoms with Crippen molar-refractivity contribution in [3.63, 3.8) is 0 Å². The molecule has 0 fully saturated rings. The van der Waals surface area contributed by atoms with Crippen LogP contribution in [0.25, 0.3) is 0 Å². The lowest BCUT2D eigenvalue weighted by Crippen LogP contribution is -2.22. The number of hydrogen-bond acceptors (Lipinski definition) is 2. The molecule has 0 radical (unpaired) electrons. The quantitative estimate of drug-likeness (QED) is 0.874. The van der Waals surface area contributed by atoms with E-state index < -0.39 is 11.4 Å². The molecule has 2 rings (SSSR count). The van der Waals surface area contributed by atoms with Crippen LogP contribution in [0.2, 0.25) is 0 Å². The Morgan fingerprint density at radius 3 is 2.88 bits per heavy atom. The zero-order valence-electron chi connectivity index (χ0n) is 10.5. The number of aliphatic carboxylic acids is 1. The molecule has 92 valence electrons. The van der Waals surface area contributed by atoms with Gasteiger partial charge in [-0.1, -0.05) is 32.0 Å². The Hall–Kier alpha value is -1.51. The fourth-order valence-corrected chi connectivity index (χ4v) is 2.44. The minimum absolute atomic E-state index is 0.112. The van der Waals surface area contributed by atoms with Crippen molar-refractivity contribution in [1.29, 1.82) is 0 Å². The average Bonchev–Trinajstić information content (AvgIpc) is 2.54. The second-order valence-electron chi connectivity index (χ2n) is 5.38. The maximum Gasteiger partial charge on any atom is 0.304 e. The molecule has 1 aromatic rings. The molecule has 17 heavy (non-hydrogen) atoms. The Balaban J connectivity index is 2.40. The van der Waals surface area contributed by atoms with E-state index in [2.05, 4.69) is 6.07 Å². The molecule has 0 saturated heterocycles. The molecule has 1 aromatic carbocycles. The number of carboxylic acid groups (broad SMARTS) is 1. The first-order valence-electron chi connectivity index (χ1n) is 5.91. The lowest BCUT2D eigenvalue weighted by molar-refractivity contribution is -0.138. The van der Waals surface area contributed by atoms with Gasteiger partial charge >= 0.3 is 5.97 Å². The van der Waals surface area contributed by atoms with E-state index in [-0.39, 0.29) is 12.5 Å². The lowest BCUT2D eigenvalue weighted by atomic mass is 9.80. The molecule has 3 nitrogen and oxygen atoms in total. The van der Waals surface area contributed by atoms with Crippen LogP contribution in [-0.4, -0.2) is 17.2 Å². The van der Waals surface area contributed by atoms with Gasteiger partial charge < -0.3 is 9.84 Å². The average molecular weight is 234 g/mol. The van der Waals surface area contributed by atoms with Crippen LogP contribution < -0.4 is 4.74 Å². The fraction of sp³-hybridized carbons (Fsp3) is 0.500. The van der Waals surface area contributed by atoms with Crippen molar-refractivity contribution in [3.8, 4) is 5.75 Å². The molecular formula is C14H18O3. The number of ether oxygens (including phenoxy) is 1. The summed E-state index contributed by atoms with van der Waals surface area (Å²) in [6.07, 6.45) is 1.21.